The zero-order valence-corrected chi connectivity index (χ0v) is 11.8. The molecule has 0 aromatic carbocycles. The number of carboxylic acid groups (broad SMARTS) is 1. The molecule has 1 amide bonds. The van der Waals surface area contributed by atoms with Gasteiger partial charge in [-0.05, 0) is 51.5 Å². The maximum absolute atomic E-state index is 12.6. The van der Waals surface area contributed by atoms with Crippen LogP contribution >= 0.6 is 0 Å². The molecule has 0 aromatic heterocycles. The predicted molar refractivity (Wildman–Crippen MR) is 71.7 cm³/mol. The second kappa shape index (κ2) is 5.12. The summed E-state index contributed by atoms with van der Waals surface area (Å²) in [5.74, 6) is -0.934. The number of carboxylic acids is 1. The lowest BCUT2D eigenvalue weighted by atomic mass is 9.76. The Balaban J connectivity index is 2.12. The molecule has 1 aliphatic carbocycles. The fourth-order valence-corrected chi connectivity index (χ4v) is 2.98. The summed E-state index contributed by atoms with van der Waals surface area (Å²) >= 11 is 0. The van der Waals surface area contributed by atoms with Gasteiger partial charge in [-0.15, -0.1) is 0 Å². The Kier molecular flexibility index (Phi) is 3.85. The van der Waals surface area contributed by atoms with Crippen LogP contribution < -0.4 is 10.6 Å². The van der Waals surface area contributed by atoms with Crippen molar-refractivity contribution >= 4 is 11.9 Å². The smallest absolute Gasteiger partial charge is 0.329 e. The van der Waals surface area contributed by atoms with Crippen molar-refractivity contribution < 1.29 is 14.7 Å². The van der Waals surface area contributed by atoms with Crippen molar-refractivity contribution in [3.63, 3.8) is 0 Å². The van der Waals surface area contributed by atoms with Gasteiger partial charge in [0.05, 0.1) is 5.41 Å². The van der Waals surface area contributed by atoms with Crippen LogP contribution in [0.25, 0.3) is 0 Å². The van der Waals surface area contributed by atoms with Crippen LogP contribution in [0.5, 0.6) is 0 Å². The highest BCUT2D eigenvalue weighted by molar-refractivity contribution is 5.90. The minimum Gasteiger partial charge on any atom is -0.480 e. The predicted octanol–water partition coefficient (Wildman–Crippen LogP) is 1.14. The molecular weight excluding hydrogens is 244 g/mol. The average Bonchev–Trinajstić information content (AvgIpc) is 3.23. The number of piperidine rings is 1. The first kappa shape index (κ1) is 14.3. The highest BCUT2D eigenvalue weighted by atomic mass is 16.4. The number of aliphatic carboxylic acids is 1. The number of carbonyl (C=O) groups is 2. The normalized spacial score (nSPS) is 30.4. The van der Waals surface area contributed by atoms with E-state index in [9.17, 15) is 14.7 Å². The van der Waals surface area contributed by atoms with Crippen LogP contribution in [0, 0.1) is 11.3 Å². The van der Waals surface area contributed by atoms with E-state index in [1.807, 2.05) is 6.92 Å². The summed E-state index contributed by atoms with van der Waals surface area (Å²) < 4.78 is 0. The molecule has 108 valence electrons. The first-order chi connectivity index (χ1) is 8.94. The maximum Gasteiger partial charge on any atom is 0.329 e. The van der Waals surface area contributed by atoms with Crippen molar-refractivity contribution in [2.45, 2.75) is 51.5 Å². The topological polar surface area (TPSA) is 78.4 Å². The van der Waals surface area contributed by atoms with E-state index in [-0.39, 0.29) is 11.8 Å². The van der Waals surface area contributed by atoms with E-state index in [0.29, 0.717) is 6.54 Å². The Morgan fingerprint density at radius 2 is 2.16 bits per heavy atom. The van der Waals surface area contributed by atoms with Gasteiger partial charge in [-0.2, -0.15) is 0 Å². The van der Waals surface area contributed by atoms with Crippen LogP contribution in [-0.4, -0.2) is 35.6 Å². The third-order valence-electron chi connectivity index (χ3n) is 4.84. The van der Waals surface area contributed by atoms with Gasteiger partial charge in [0.1, 0.15) is 5.54 Å². The fraction of sp³-hybridized carbons (Fsp3) is 0.857. The molecule has 1 saturated heterocycles. The largest absolute Gasteiger partial charge is 0.480 e. The lowest BCUT2D eigenvalue weighted by Gasteiger charge is -2.38. The van der Waals surface area contributed by atoms with Crippen molar-refractivity contribution in [2.75, 3.05) is 13.1 Å². The van der Waals surface area contributed by atoms with E-state index in [0.717, 1.165) is 38.6 Å². The van der Waals surface area contributed by atoms with Gasteiger partial charge in [-0.3, -0.25) is 4.79 Å². The molecule has 2 unspecified atom stereocenters. The highest BCUT2D eigenvalue weighted by Crippen LogP contribution is 2.41. The number of amides is 1. The number of hydrogen-bond donors (Lipinski definition) is 3. The quantitative estimate of drug-likeness (QED) is 0.698. The van der Waals surface area contributed by atoms with Crippen LogP contribution in [0.3, 0.4) is 0 Å². The Morgan fingerprint density at radius 1 is 1.47 bits per heavy atom. The van der Waals surface area contributed by atoms with Gasteiger partial charge >= 0.3 is 5.97 Å². The first-order valence-electron chi connectivity index (χ1n) is 7.21. The monoisotopic (exact) mass is 268 g/mol. The summed E-state index contributed by atoms with van der Waals surface area (Å²) in [6.45, 7) is 5.23. The van der Waals surface area contributed by atoms with Gasteiger partial charge < -0.3 is 15.7 Å². The van der Waals surface area contributed by atoms with Gasteiger partial charge in [0.15, 0.2) is 0 Å². The van der Waals surface area contributed by atoms with Crippen LogP contribution in [0.2, 0.25) is 0 Å². The van der Waals surface area contributed by atoms with Gasteiger partial charge in [0.2, 0.25) is 5.91 Å². The Morgan fingerprint density at radius 3 is 2.58 bits per heavy atom. The van der Waals surface area contributed by atoms with Crippen molar-refractivity contribution in [3.8, 4) is 0 Å². The van der Waals surface area contributed by atoms with Crippen molar-refractivity contribution in [1.82, 2.24) is 10.6 Å². The Hall–Kier alpha value is -1.10. The van der Waals surface area contributed by atoms with Crippen molar-refractivity contribution in [3.05, 3.63) is 0 Å². The van der Waals surface area contributed by atoms with Gasteiger partial charge in [0, 0.05) is 6.54 Å². The summed E-state index contributed by atoms with van der Waals surface area (Å²) in [7, 11) is 0. The Bertz CT molecular complexity index is 373. The van der Waals surface area contributed by atoms with Gasteiger partial charge in [0.25, 0.3) is 0 Å². The number of hydrogen-bond acceptors (Lipinski definition) is 3. The molecule has 0 bridgehead atoms. The van der Waals surface area contributed by atoms with E-state index in [4.69, 9.17) is 0 Å². The third kappa shape index (κ3) is 2.61. The molecule has 1 heterocycles. The number of nitrogens with one attached hydrogen (secondary N) is 2. The van der Waals surface area contributed by atoms with E-state index in [2.05, 4.69) is 10.6 Å². The van der Waals surface area contributed by atoms with E-state index >= 15 is 0 Å². The lowest BCUT2D eigenvalue weighted by Crippen LogP contribution is -2.60. The molecule has 0 radical (unpaired) electrons. The molecule has 5 nitrogen and oxygen atoms in total. The molecule has 3 N–H and O–H groups in total. The molecular formula is C14H24N2O3. The van der Waals surface area contributed by atoms with Crippen molar-refractivity contribution in [1.29, 1.82) is 0 Å². The number of rotatable bonds is 5. The van der Waals surface area contributed by atoms with E-state index in [1.165, 1.54) is 0 Å². The summed E-state index contributed by atoms with van der Waals surface area (Å²) in [5.41, 5.74) is -1.54. The maximum atomic E-state index is 12.6. The van der Waals surface area contributed by atoms with Crippen LogP contribution in [0.1, 0.15) is 46.0 Å². The third-order valence-corrected chi connectivity index (χ3v) is 4.84. The molecule has 2 fully saturated rings. The Labute approximate surface area is 114 Å². The molecule has 5 heteroatoms. The molecule has 2 atom stereocenters. The second-order valence-electron chi connectivity index (χ2n) is 6.15. The summed E-state index contributed by atoms with van der Waals surface area (Å²) in [6.07, 6.45) is 4.32. The highest BCUT2D eigenvalue weighted by Gasteiger charge is 2.51. The minimum atomic E-state index is -1.10. The summed E-state index contributed by atoms with van der Waals surface area (Å²) in [6, 6.07) is 0. The first-order valence-corrected chi connectivity index (χ1v) is 7.21. The fourth-order valence-electron chi connectivity index (χ4n) is 2.98. The molecule has 1 saturated carbocycles. The molecule has 0 spiro atoms. The molecule has 0 aromatic rings. The zero-order chi connectivity index (χ0) is 14.1. The van der Waals surface area contributed by atoms with Gasteiger partial charge in [-0.1, -0.05) is 6.92 Å². The van der Waals surface area contributed by atoms with Crippen LogP contribution in [0.4, 0.5) is 0 Å². The molecule has 19 heavy (non-hydrogen) atoms. The number of carbonyl (C=O) groups excluding carboxylic acids is 1. The lowest BCUT2D eigenvalue weighted by molar-refractivity contribution is -0.150. The standard InChI is InChI=1S/C14H24N2O3/c1-3-14(7-4-8-15-9-14)11(17)16-13(2,12(18)19)10-5-6-10/h10,15H,3-9H2,1-2H3,(H,16,17)(H,18,19). The van der Waals surface area contributed by atoms with Crippen LogP contribution in [-0.2, 0) is 9.59 Å². The van der Waals surface area contributed by atoms with E-state index in [1.54, 1.807) is 6.92 Å². The SMILES string of the molecule is CCC1(C(=O)NC(C)(C(=O)O)C2CC2)CCCNC1. The molecule has 2 aliphatic rings. The minimum absolute atomic E-state index is 0.0828. The second-order valence-corrected chi connectivity index (χ2v) is 6.15. The average molecular weight is 268 g/mol. The van der Waals surface area contributed by atoms with Crippen molar-refractivity contribution in [2.24, 2.45) is 11.3 Å². The van der Waals surface area contributed by atoms with Crippen LogP contribution in [0.15, 0.2) is 0 Å². The molecule has 1 aliphatic heterocycles. The summed E-state index contributed by atoms with van der Waals surface area (Å²) in [4.78, 5) is 24.1. The molecule has 2 rings (SSSR count). The zero-order valence-electron chi connectivity index (χ0n) is 11.8. The summed E-state index contributed by atoms with van der Waals surface area (Å²) in [5, 5.41) is 15.5. The van der Waals surface area contributed by atoms with E-state index < -0.39 is 16.9 Å². The van der Waals surface area contributed by atoms with Gasteiger partial charge in [-0.25, -0.2) is 4.79 Å².